The van der Waals surface area contributed by atoms with Crippen molar-refractivity contribution in [1.29, 1.82) is 0 Å². The Hall–Kier alpha value is -0.720. The minimum absolute atomic E-state index is 0. The van der Waals surface area contributed by atoms with Gasteiger partial charge in [-0.1, -0.05) is 11.6 Å². The Morgan fingerprint density at radius 3 is 2.64 bits per heavy atom. The lowest BCUT2D eigenvalue weighted by atomic mass is 10.2. The Morgan fingerprint density at radius 1 is 1.41 bits per heavy atom. The summed E-state index contributed by atoms with van der Waals surface area (Å²) in [5.41, 5.74) is 7.14. The van der Waals surface area contributed by atoms with E-state index in [0.29, 0.717) is 23.7 Å². The van der Waals surface area contributed by atoms with Crippen LogP contribution in [0.5, 0.6) is 0 Å². The van der Waals surface area contributed by atoms with Crippen molar-refractivity contribution in [3.63, 3.8) is 0 Å². The summed E-state index contributed by atoms with van der Waals surface area (Å²) < 4.78 is 5.59. The SMILES string of the molecule is CN(C)c1ccc(Cl)cc1NC(=O)[C@@H]1CC[C@H](CN)O1.Cl.Cl. The molecule has 1 saturated heterocycles. The van der Waals surface area contributed by atoms with Crippen LogP contribution in [0.25, 0.3) is 0 Å². The van der Waals surface area contributed by atoms with Gasteiger partial charge in [-0.25, -0.2) is 0 Å². The molecule has 0 saturated carbocycles. The fourth-order valence-corrected chi connectivity index (χ4v) is 2.46. The number of benzene rings is 1. The van der Waals surface area contributed by atoms with E-state index in [4.69, 9.17) is 22.1 Å². The number of nitrogens with one attached hydrogen (secondary N) is 1. The van der Waals surface area contributed by atoms with Crippen LogP contribution >= 0.6 is 36.4 Å². The minimum Gasteiger partial charge on any atom is -0.376 e. The Bertz CT molecular complexity index is 500. The number of carbonyl (C=O) groups excluding carboxylic acids is 1. The molecule has 1 aliphatic rings. The van der Waals surface area contributed by atoms with Crippen LogP contribution in [0.15, 0.2) is 18.2 Å². The zero-order chi connectivity index (χ0) is 14.7. The molecule has 0 aromatic heterocycles. The first-order valence-electron chi connectivity index (χ1n) is 6.64. The van der Waals surface area contributed by atoms with Crippen molar-refractivity contribution < 1.29 is 9.53 Å². The smallest absolute Gasteiger partial charge is 0.253 e. The molecule has 0 radical (unpaired) electrons. The van der Waals surface area contributed by atoms with Crippen LogP contribution in [0.3, 0.4) is 0 Å². The molecule has 5 nitrogen and oxygen atoms in total. The molecule has 1 amide bonds. The van der Waals surface area contributed by atoms with Gasteiger partial charge in [0.05, 0.1) is 17.5 Å². The summed E-state index contributed by atoms with van der Waals surface area (Å²) in [4.78, 5) is 14.1. The lowest BCUT2D eigenvalue weighted by molar-refractivity contribution is -0.126. The zero-order valence-electron chi connectivity index (χ0n) is 12.5. The Morgan fingerprint density at radius 2 is 2.09 bits per heavy atom. The van der Waals surface area contributed by atoms with Gasteiger partial charge in [0.15, 0.2) is 0 Å². The average Bonchev–Trinajstić information content (AvgIpc) is 2.87. The van der Waals surface area contributed by atoms with Crippen LogP contribution in [0, 0.1) is 0 Å². The lowest BCUT2D eigenvalue weighted by Crippen LogP contribution is -2.30. The van der Waals surface area contributed by atoms with Gasteiger partial charge in [0.2, 0.25) is 0 Å². The summed E-state index contributed by atoms with van der Waals surface area (Å²) in [7, 11) is 3.82. The molecule has 1 heterocycles. The van der Waals surface area contributed by atoms with Crippen LogP contribution in [0.2, 0.25) is 5.02 Å². The first-order chi connectivity index (χ1) is 9.51. The van der Waals surface area contributed by atoms with Gasteiger partial charge < -0.3 is 20.7 Å². The standard InChI is InChI=1S/C14H20ClN3O2.2ClH/c1-18(2)12-5-3-9(15)7-11(12)17-14(19)13-6-4-10(8-16)20-13;;/h3,5,7,10,13H,4,6,8,16H2,1-2H3,(H,17,19);2*1H/t10-,13+;;/m1../s1. The minimum atomic E-state index is -0.433. The van der Waals surface area contributed by atoms with Crippen molar-refractivity contribution in [2.45, 2.75) is 25.0 Å². The van der Waals surface area contributed by atoms with Gasteiger partial charge in [-0.15, -0.1) is 24.8 Å². The maximum absolute atomic E-state index is 12.2. The molecule has 1 fully saturated rings. The van der Waals surface area contributed by atoms with Crippen molar-refractivity contribution in [2.24, 2.45) is 5.73 Å². The quantitative estimate of drug-likeness (QED) is 0.855. The van der Waals surface area contributed by atoms with Gasteiger partial charge in [0.25, 0.3) is 5.91 Å². The van der Waals surface area contributed by atoms with Crippen LogP contribution in [-0.2, 0) is 9.53 Å². The number of ether oxygens (including phenoxy) is 1. The zero-order valence-corrected chi connectivity index (χ0v) is 14.9. The summed E-state index contributed by atoms with van der Waals surface area (Å²) in [5.74, 6) is -0.147. The molecule has 2 rings (SSSR count). The number of carbonyl (C=O) groups is 1. The third-order valence-electron chi connectivity index (χ3n) is 3.36. The van der Waals surface area contributed by atoms with Gasteiger partial charge in [-0.3, -0.25) is 4.79 Å². The number of nitrogens with zero attached hydrogens (tertiary/aromatic N) is 1. The van der Waals surface area contributed by atoms with E-state index in [9.17, 15) is 4.79 Å². The third-order valence-corrected chi connectivity index (χ3v) is 3.60. The number of anilines is 2. The number of halogens is 3. The van der Waals surface area contributed by atoms with Crippen LogP contribution in [0.1, 0.15) is 12.8 Å². The summed E-state index contributed by atoms with van der Waals surface area (Å²) in [6, 6.07) is 5.41. The largest absolute Gasteiger partial charge is 0.376 e. The van der Waals surface area contributed by atoms with Crippen LogP contribution < -0.4 is 16.0 Å². The van der Waals surface area contributed by atoms with Crippen molar-refractivity contribution in [2.75, 3.05) is 30.9 Å². The maximum Gasteiger partial charge on any atom is 0.253 e. The second-order valence-corrected chi connectivity index (χ2v) is 5.54. The lowest BCUT2D eigenvalue weighted by Gasteiger charge is -2.19. The molecule has 1 aromatic carbocycles. The number of hydrogen-bond acceptors (Lipinski definition) is 4. The second kappa shape index (κ2) is 9.43. The molecule has 1 aromatic rings. The molecular formula is C14H22Cl3N3O2. The molecular weight excluding hydrogens is 349 g/mol. The highest BCUT2D eigenvalue weighted by Gasteiger charge is 2.30. The van der Waals surface area contributed by atoms with Crippen LogP contribution in [-0.4, -0.2) is 38.8 Å². The van der Waals surface area contributed by atoms with Gasteiger partial charge in [-0.05, 0) is 31.0 Å². The highest BCUT2D eigenvalue weighted by atomic mass is 35.5. The predicted octanol–water partition coefficient (Wildman–Crippen LogP) is 2.69. The number of hydrogen-bond donors (Lipinski definition) is 2. The van der Waals surface area contributed by atoms with E-state index >= 15 is 0 Å². The molecule has 22 heavy (non-hydrogen) atoms. The molecule has 0 aliphatic carbocycles. The molecule has 0 unspecified atom stereocenters. The first-order valence-corrected chi connectivity index (χ1v) is 7.02. The van der Waals surface area contributed by atoms with Gasteiger partial charge in [-0.2, -0.15) is 0 Å². The average molecular weight is 371 g/mol. The summed E-state index contributed by atoms with van der Waals surface area (Å²) in [6.45, 7) is 0.448. The number of rotatable bonds is 4. The summed E-state index contributed by atoms with van der Waals surface area (Å²) in [5, 5.41) is 3.47. The maximum atomic E-state index is 12.2. The highest BCUT2D eigenvalue weighted by molar-refractivity contribution is 6.31. The molecule has 3 N–H and O–H groups in total. The van der Waals surface area contributed by atoms with Crippen molar-refractivity contribution in [3.05, 3.63) is 23.2 Å². The number of nitrogens with two attached hydrogens (primary N) is 1. The monoisotopic (exact) mass is 369 g/mol. The predicted molar refractivity (Wildman–Crippen MR) is 95.9 cm³/mol. The van der Waals surface area contributed by atoms with E-state index < -0.39 is 6.10 Å². The molecule has 126 valence electrons. The van der Waals surface area contributed by atoms with Gasteiger partial charge in [0.1, 0.15) is 6.10 Å². The van der Waals surface area contributed by atoms with Gasteiger partial charge in [0, 0.05) is 25.7 Å². The molecule has 2 atom stereocenters. The van der Waals surface area contributed by atoms with E-state index in [1.807, 2.05) is 25.1 Å². The first kappa shape index (κ1) is 21.3. The summed E-state index contributed by atoms with van der Waals surface area (Å²) >= 11 is 5.99. The van der Waals surface area contributed by atoms with E-state index in [1.54, 1.807) is 12.1 Å². The Kier molecular flexibility index (Phi) is 9.12. The number of amides is 1. The van der Waals surface area contributed by atoms with E-state index in [0.717, 1.165) is 12.1 Å². The Balaban J connectivity index is 0.00000220. The van der Waals surface area contributed by atoms with Crippen LogP contribution in [0.4, 0.5) is 11.4 Å². The van der Waals surface area contributed by atoms with Crippen molar-refractivity contribution in [3.8, 4) is 0 Å². The Labute approximate surface area is 148 Å². The van der Waals surface area contributed by atoms with Crippen molar-refractivity contribution >= 4 is 53.7 Å². The van der Waals surface area contributed by atoms with Gasteiger partial charge >= 0.3 is 0 Å². The summed E-state index contributed by atoms with van der Waals surface area (Å²) in [6.07, 6.45) is 1.08. The van der Waals surface area contributed by atoms with E-state index in [1.165, 1.54) is 0 Å². The highest BCUT2D eigenvalue weighted by Crippen LogP contribution is 2.29. The fraction of sp³-hybridized carbons (Fsp3) is 0.500. The van der Waals surface area contributed by atoms with Crippen molar-refractivity contribution in [1.82, 2.24) is 0 Å². The molecule has 0 bridgehead atoms. The molecule has 0 spiro atoms. The third kappa shape index (κ3) is 5.18. The molecule has 1 aliphatic heterocycles. The second-order valence-electron chi connectivity index (χ2n) is 5.10. The topological polar surface area (TPSA) is 67.6 Å². The van der Waals surface area contributed by atoms with E-state index in [-0.39, 0.29) is 36.8 Å². The normalized spacial score (nSPS) is 19.8. The fourth-order valence-electron chi connectivity index (χ4n) is 2.28. The van der Waals surface area contributed by atoms with E-state index in [2.05, 4.69) is 5.32 Å². The molecule has 8 heteroatoms.